The molecule has 1 aromatic carbocycles. The predicted molar refractivity (Wildman–Crippen MR) is 106 cm³/mol. The van der Waals surface area contributed by atoms with Gasteiger partial charge in [0, 0.05) is 23.5 Å². The lowest BCUT2D eigenvalue weighted by molar-refractivity contribution is 0.159. The minimum atomic E-state index is -0.613. The zero-order valence-corrected chi connectivity index (χ0v) is 16.4. The lowest BCUT2D eigenvalue weighted by Gasteiger charge is -2.31. The molecule has 0 saturated carbocycles. The Balaban J connectivity index is 1.70. The van der Waals surface area contributed by atoms with Gasteiger partial charge in [-0.25, -0.2) is 0 Å². The molecule has 1 atom stereocenters. The maximum atomic E-state index is 10.4. The molecule has 142 valence electrons. The highest BCUT2D eigenvalue weighted by molar-refractivity contribution is 7.09. The zero-order chi connectivity index (χ0) is 18.8. The van der Waals surface area contributed by atoms with E-state index in [9.17, 15) is 5.11 Å². The van der Waals surface area contributed by atoms with E-state index in [1.165, 1.54) is 16.0 Å². The molecule has 0 amide bonds. The number of rotatable bonds is 6. The number of aromatic nitrogens is 3. The van der Waals surface area contributed by atoms with E-state index >= 15 is 0 Å². The number of hydrogen-bond donors (Lipinski definition) is 1. The van der Waals surface area contributed by atoms with Gasteiger partial charge in [0.2, 0.25) is 5.95 Å². The van der Waals surface area contributed by atoms with Gasteiger partial charge in [-0.15, -0.1) is 21.5 Å². The highest BCUT2D eigenvalue weighted by Crippen LogP contribution is 2.31. The molecule has 3 heterocycles. The minimum Gasteiger partial charge on any atom is -0.496 e. The van der Waals surface area contributed by atoms with Gasteiger partial charge < -0.3 is 14.7 Å². The molecule has 1 aliphatic rings. The molecule has 0 fully saturated rings. The van der Waals surface area contributed by atoms with Crippen molar-refractivity contribution in [1.29, 1.82) is 0 Å². The molecule has 7 heteroatoms. The van der Waals surface area contributed by atoms with Crippen molar-refractivity contribution in [3.63, 3.8) is 0 Å². The minimum absolute atomic E-state index is 0.610. The van der Waals surface area contributed by atoms with Gasteiger partial charge in [-0.3, -0.25) is 4.57 Å². The number of nitrogens with zero attached hydrogens (tertiary/aromatic N) is 4. The largest absolute Gasteiger partial charge is 0.496 e. The number of thiophene rings is 1. The molecule has 0 saturated heterocycles. The van der Waals surface area contributed by atoms with Gasteiger partial charge >= 0.3 is 0 Å². The number of anilines is 1. The normalized spacial score (nSPS) is 14.9. The van der Waals surface area contributed by atoms with Gasteiger partial charge in [0.1, 0.15) is 11.9 Å². The molecule has 3 aromatic rings. The van der Waals surface area contributed by atoms with Crippen LogP contribution < -0.4 is 9.64 Å². The van der Waals surface area contributed by atoms with Crippen molar-refractivity contribution >= 4 is 17.3 Å². The van der Waals surface area contributed by atoms with Crippen LogP contribution in [0.1, 0.15) is 41.3 Å². The molecule has 0 spiro atoms. The van der Waals surface area contributed by atoms with Crippen LogP contribution in [0.5, 0.6) is 5.75 Å². The number of aliphatic hydroxyl groups excluding tert-OH is 1. The summed E-state index contributed by atoms with van der Waals surface area (Å²) in [7, 11) is 1.71. The summed E-state index contributed by atoms with van der Waals surface area (Å²) >= 11 is 1.70. The monoisotopic (exact) mass is 384 g/mol. The first kappa shape index (κ1) is 18.0. The first-order chi connectivity index (χ1) is 13.2. The van der Waals surface area contributed by atoms with Crippen LogP contribution in [0.2, 0.25) is 0 Å². The molecule has 0 aliphatic carbocycles. The molecule has 0 bridgehead atoms. The van der Waals surface area contributed by atoms with E-state index in [2.05, 4.69) is 37.2 Å². The molecule has 0 radical (unpaired) electrons. The molecular weight excluding hydrogens is 360 g/mol. The maximum Gasteiger partial charge on any atom is 0.227 e. The standard InChI is InChI=1S/C20H24N4O2S/c1-3-17(25)19-21-22-20(24(19)12-15-7-5-11-27-15)23-10-9-14-6-4-8-18(26-2)16(14)13-23/h4-8,11,17,25H,3,9-10,12-13H2,1-2H3. The van der Waals surface area contributed by atoms with E-state index in [1.54, 1.807) is 18.4 Å². The Hall–Kier alpha value is -2.38. The molecule has 2 aromatic heterocycles. The molecule has 27 heavy (non-hydrogen) atoms. The molecule has 1 aliphatic heterocycles. The van der Waals surface area contributed by atoms with Gasteiger partial charge in [0.25, 0.3) is 0 Å². The summed E-state index contributed by atoms with van der Waals surface area (Å²) in [6, 6.07) is 10.4. The second kappa shape index (κ2) is 7.70. The van der Waals surface area contributed by atoms with Crippen LogP contribution >= 0.6 is 11.3 Å². The third kappa shape index (κ3) is 3.44. The Kier molecular flexibility index (Phi) is 5.13. The van der Waals surface area contributed by atoms with E-state index in [-0.39, 0.29) is 0 Å². The van der Waals surface area contributed by atoms with Crippen LogP contribution in [0, 0.1) is 0 Å². The first-order valence-electron chi connectivity index (χ1n) is 9.24. The van der Waals surface area contributed by atoms with Crippen molar-refractivity contribution in [1.82, 2.24) is 14.8 Å². The summed E-state index contributed by atoms with van der Waals surface area (Å²) in [4.78, 5) is 3.45. The fourth-order valence-electron chi connectivity index (χ4n) is 3.59. The predicted octanol–water partition coefficient (Wildman–Crippen LogP) is 3.40. The molecule has 6 nitrogen and oxygen atoms in total. The number of methoxy groups -OCH3 is 1. The number of ether oxygens (including phenoxy) is 1. The van der Waals surface area contributed by atoms with Gasteiger partial charge in [-0.2, -0.15) is 0 Å². The summed E-state index contributed by atoms with van der Waals surface area (Å²) in [5.74, 6) is 2.35. The lowest BCUT2D eigenvalue weighted by Crippen LogP contribution is -2.33. The van der Waals surface area contributed by atoms with Gasteiger partial charge in [0.05, 0.1) is 13.7 Å². The molecular formula is C20H24N4O2S. The Morgan fingerprint density at radius 2 is 2.15 bits per heavy atom. The average molecular weight is 385 g/mol. The lowest BCUT2D eigenvalue weighted by atomic mass is 9.99. The van der Waals surface area contributed by atoms with Crippen molar-refractivity contribution in [2.75, 3.05) is 18.6 Å². The smallest absolute Gasteiger partial charge is 0.227 e. The van der Waals surface area contributed by atoms with Crippen molar-refractivity contribution in [3.05, 3.63) is 57.5 Å². The second-order valence-electron chi connectivity index (χ2n) is 6.72. The van der Waals surface area contributed by atoms with Gasteiger partial charge in [0.15, 0.2) is 5.82 Å². The Bertz CT molecular complexity index is 893. The van der Waals surface area contributed by atoms with E-state index in [0.717, 1.165) is 31.2 Å². The summed E-state index contributed by atoms with van der Waals surface area (Å²) in [5.41, 5.74) is 2.53. The Labute approximate surface area is 163 Å². The second-order valence-corrected chi connectivity index (χ2v) is 7.75. The van der Waals surface area contributed by atoms with Crippen LogP contribution in [-0.2, 0) is 19.5 Å². The number of fused-ring (bicyclic) bond motifs is 1. The van der Waals surface area contributed by atoms with Crippen LogP contribution in [0.3, 0.4) is 0 Å². The van der Waals surface area contributed by atoms with E-state index in [0.29, 0.717) is 18.8 Å². The zero-order valence-electron chi connectivity index (χ0n) is 15.6. The highest BCUT2D eigenvalue weighted by Gasteiger charge is 2.26. The topological polar surface area (TPSA) is 63.4 Å². The van der Waals surface area contributed by atoms with Crippen LogP contribution in [0.15, 0.2) is 35.7 Å². The van der Waals surface area contributed by atoms with Crippen LogP contribution in [-0.4, -0.2) is 33.5 Å². The van der Waals surface area contributed by atoms with Crippen molar-refractivity contribution in [3.8, 4) is 5.75 Å². The fraction of sp³-hybridized carbons (Fsp3) is 0.400. The Morgan fingerprint density at radius 1 is 1.26 bits per heavy atom. The summed E-state index contributed by atoms with van der Waals surface area (Å²) in [6.45, 7) is 4.22. The third-order valence-electron chi connectivity index (χ3n) is 5.07. The van der Waals surface area contributed by atoms with Crippen LogP contribution in [0.25, 0.3) is 0 Å². The SMILES string of the molecule is CCC(O)c1nnc(N2CCc3cccc(OC)c3C2)n1Cc1cccs1. The number of aliphatic hydroxyl groups is 1. The van der Waals surface area contributed by atoms with Gasteiger partial charge in [-0.1, -0.05) is 25.1 Å². The summed E-state index contributed by atoms with van der Waals surface area (Å²) < 4.78 is 7.62. The third-order valence-corrected chi connectivity index (χ3v) is 5.93. The molecule has 1 unspecified atom stereocenters. The van der Waals surface area contributed by atoms with Gasteiger partial charge in [-0.05, 0) is 35.9 Å². The first-order valence-corrected chi connectivity index (χ1v) is 10.1. The highest BCUT2D eigenvalue weighted by atomic mass is 32.1. The van der Waals surface area contributed by atoms with Crippen LogP contribution in [0.4, 0.5) is 5.95 Å². The van der Waals surface area contributed by atoms with Crippen molar-refractivity contribution in [2.24, 2.45) is 0 Å². The number of hydrogen-bond acceptors (Lipinski definition) is 6. The summed E-state index contributed by atoms with van der Waals surface area (Å²) in [6.07, 6.45) is 0.932. The summed E-state index contributed by atoms with van der Waals surface area (Å²) in [5, 5.41) is 21.3. The van der Waals surface area contributed by atoms with E-state index in [4.69, 9.17) is 4.74 Å². The van der Waals surface area contributed by atoms with E-state index < -0.39 is 6.10 Å². The van der Waals surface area contributed by atoms with E-state index in [1.807, 2.05) is 25.1 Å². The Morgan fingerprint density at radius 3 is 2.89 bits per heavy atom. The molecule has 1 N–H and O–H groups in total. The van der Waals surface area contributed by atoms with Crippen molar-refractivity contribution < 1.29 is 9.84 Å². The molecule has 4 rings (SSSR count). The fourth-order valence-corrected chi connectivity index (χ4v) is 4.28. The maximum absolute atomic E-state index is 10.4. The van der Waals surface area contributed by atoms with Crippen molar-refractivity contribution in [2.45, 2.75) is 39.0 Å². The number of benzene rings is 1. The quantitative estimate of drug-likeness (QED) is 0.706. The average Bonchev–Trinajstić information content (AvgIpc) is 3.37.